The first kappa shape index (κ1) is 15.8. The molecule has 1 fully saturated rings. The molecule has 0 bridgehead atoms. The standard InChI is InChI=1S/C19H26O2/c1-19(2,3)16-11-9-14(10-12-16)17-8-6-4-5-7-15(17)13-18(20)21/h9-13,17H,4-8H2,1-3H3,(H,20,21)/b15-13+. The van der Waals surface area contributed by atoms with E-state index < -0.39 is 5.97 Å². The van der Waals surface area contributed by atoms with Crippen LogP contribution in [0.1, 0.15) is 69.9 Å². The van der Waals surface area contributed by atoms with E-state index in [1.165, 1.54) is 30.0 Å². The molecule has 1 aliphatic rings. The van der Waals surface area contributed by atoms with Crippen LogP contribution >= 0.6 is 0 Å². The molecule has 114 valence electrons. The monoisotopic (exact) mass is 286 g/mol. The van der Waals surface area contributed by atoms with Gasteiger partial charge in [0, 0.05) is 12.0 Å². The number of carboxylic acids is 1. The van der Waals surface area contributed by atoms with Gasteiger partial charge in [-0.15, -0.1) is 0 Å². The Morgan fingerprint density at radius 1 is 1.14 bits per heavy atom. The van der Waals surface area contributed by atoms with Gasteiger partial charge in [-0.3, -0.25) is 0 Å². The van der Waals surface area contributed by atoms with Crippen molar-refractivity contribution in [3.63, 3.8) is 0 Å². The molecule has 0 heterocycles. The van der Waals surface area contributed by atoms with Crippen molar-refractivity contribution in [2.45, 2.75) is 64.2 Å². The Morgan fingerprint density at radius 3 is 2.38 bits per heavy atom. The van der Waals surface area contributed by atoms with Crippen molar-refractivity contribution in [3.05, 3.63) is 47.0 Å². The number of carboxylic acid groups (broad SMARTS) is 1. The van der Waals surface area contributed by atoms with Crippen molar-refractivity contribution in [2.24, 2.45) is 0 Å². The van der Waals surface area contributed by atoms with Gasteiger partial charge in [0.1, 0.15) is 0 Å². The van der Waals surface area contributed by atoms with Crippen LogP contribution in [0.25, 0.3) is 0 Å². The van der Waals surface area contributed by atoms with Crippen LogP contribution < -0.4 is 0 Å². The minimum atomic E-state index is -0.816. The zero-order chi connectivity index (χ0) is 15.5. The molecule has 0 radical (unpaired) electrons. The summed E-state index contributed by atoms with van der Waals surface area (Å²) >= 11 is 0. The molecule has 0 aromatic heterocycles. The van der Waals surface area contributed by atoms with E-state index in [9.17, 15) is 4.79 Å². The first-order chi connectivity index (χ1) is 9.88. The summed E-state index contributed by atoms with van der Waals surface area (Å²) in [6.07, 6.45) is 6.91. The minimum Gasteiger partial charge on any atom is -0.478 e. The fraction of sp³-hybridized carbons (Fsp3) is 0.526. The van der Waals surface area contributed by atoms with Crippen molar-refractivity contribution in [2.75, 3.05) is 0 Å². The van der Waals surface area contributed by atoms with Gasteiger partial charge in [-0.1, -0.05) is 63.5 Å². The van der Waals surface area contributed by atoms with Crippen LogP contribution in [-0.2, 0) is 10.2 Å². The van der Waals surface area contributed by atoms with Crippen LogP contribution in [0.3, 0.4) is 0 Å². The maximum Gasteiger partial charge on any atom is 0.328 e. The molecule has 0 aliphatic heterocycles. The molecule has 21 heavy (non-hydrogen) atoms. The van der Waals surface area contributed by atoms with Crippen molar-refractivity contribution >= 4 is 5.97 Å². The number of rotatable bonds is 2. The van der Waals surface area contributed by atoms with Crippen LogP contribution in [0.5, 0.6) is 0 Å². The van der Waals surface area contributed by atoms with E-state index in [1.54, 1.807) is 0 Å². The van der Waals surface area contributed by atoms with Gasteiger partial charge in [0.15, 0.2) is 0 Å². The molecule has 1 aromatic rings. The Morgan fingerprint density at radius 2 is 1.81 bits per heavy atom. The van der Waals surface area contributed by atoms with Crippen molar-refractivity contribution in [1.82, 2.24) is 0 Å². The van der Waals surface area contributed by atoms with Crippen LogP contribution in [-0.4, -0.2) is 11.1 Å². The maximum atomic E-state index is 11.1. The molecular formula is C19H26O2. The van der Waals surface area contributed by atoms with E-state index in [2.05, 4.69) is 45.0 Å². The van der Waals surface area contributed by atoms with Crippen molar-refractivity contribution in [3.8, 4) is 0 Å². The summed E-state index contributed by atoms with van der Waals surface area (Å²) in [5, 5.41) is 9.10. The Hall–Kier alpha value is -1.57. The van der Waals surface area contributed by atoms with Gasteiger partial charge in [0.2, 0.25) is 0 Å². The molecule has 1 atom stereocenters. The Kier molecular flexibility index (Phi) is 4.87. The van der Waals surface area contributed by atoms with Gasteiger partial charge in [0.25, 0.3) is 0 Å². The first-order valence-electron chi connectivity index (χ1n) is 7.92. The lowest BCUT2D eigenvalue weighted by Gasteiger charge is -2.22. The fourth-order valence-corrected chi connectivity index (χ4v) is 3.14. The molecule has 1 aliphatic carbocycles. The van der Waals surface area contributed by atoms with E-state index in [0.717, 1.165) is 24.8 Å². The van der Waals surface area contributed by atoms with E-state index >= 15 is 0 Å². The predicted molar refractivity (Wildman–Crippen MR) is 86.7 cm³/mol. The van der Waals surface area contributed by atoms with Gasteiger partial charge in [-0.05, 0) is 35.8 Å². The van der Waals surface area contributed by atoms with Crippen molar-refractivity contribution in [1.29, 1.82) is 0 Å². The molecule has 0 spiro atoms. The molecule has 2 rings (SSSR count). The number of carbonyl (C=O) groups is 1. The summed E-state index contributed by atoms with van der Waals surface area (Å²) in [6, 6.07) is 8.76. The largest absolute Gasteiger partial charge is 0.478 e. The van der Waals surface area contributed by atoms with E-state index in [4.69, 9.17) is 5.11 Å². The van der Waals surface area contributed by atoms with Gasteiger partial charge in [0.05, 0.1) is 0 Å². The average Bonchev–Trinajstić information content (AvgIpc) is 2.63. The molecule has 0 saturated heterocycles. The molecular weight excluding hydrogens is 260 g/mol. The first-order valence-corrected chi connectivity index (χ1v) is 7.92. The third kappa shape index (κ3) is 4.20. The number of allylic oxidation sites excluding steroid dienone is 1. The summed E-state index contributed by atoms with van der Waals surface area (Å²) in [6.45, 7) is 6.64. The van der Waals surface area contributed by atoms with E-state index in [-0.39, 0.29) is 11.3 Å². The second-order valence-electron chi connectivity index (χ2n) is 7.08. The number of hydrogen-bond donors (Lipinski definition) is 1. The lowest BCUT2D eigenvalue weighted by atomic mass is 9.83. The average molecular weight is 286 g/mol. The third-order valence-corrected chi connectivity index (χ3v) is 4.39. The van der Waals surface area contributed by atoms with Gasteiger partial charge in [-0.25, -0.2) is 4.79 Å². The molecule has 0 amide bonds. The maximum absolute atomic E-state index is 11.1. The highest BCUT2D eigenvalue weighted by molar-refractivity contribution is 5.81. The van der Waals surface area contributed by atoms with E-state index in [1.807, 2.05) is 0 Å². The van der Waals surface area contributed by atoms with Crippen LogP contribution in [0, 0.1) is 0 Å². The van der Waals surface area contributed by atoms with Crippen LogP contribution in [0.4, 0.5) is 0 Å². The summed E-state index contributed by atoms with van der Waals surface area (Å²) in [7, 11) is 0. The number of hydrogen-bond acceptors (Lipinski definition) is 1. The SMILES string of the molecule is CC(C)(C)c1ccc(C2CCCCC/C2=C\C(=O)O)cc1. The third-order valence-electron chi connectivity index (χ3n) is 4.39. The van der Waals surface area contributed by atoms with Crippen LogP contribution in [0.2, 0.25) is 0 Å². The zero-order valence-electron chi connectivity index (χ0n) is 13.4. The smallest absolute Gasteiger partial charge is 0.328 e. The van der Waals surface area contributed by atoms with Crippen LogP contribution in [0.15, 0.2) is 35.9 Å². The normalized spacial score (nSPS) is 22.0. The van der Waals surface area contributed by atoms with Crippen molar-refractivity contribution < 1.29 is 9.90 Å². The molecule has 1 N–H and O–H groups in total. The Bertz CT molecular complexity index is 517. The van der Waals surface area contributed by atoms with Gasteiger partial charge < -0.3 is 5.11 Å². The zero-order valence-corrected chi connectivity index (χ0v) is 13.4. The minimum absolute atomic E-state index is 0.154. The summed E-state index contributed by atoms with van der Waals surface area (Å²) in [5.74, 6) is -0.541. The molecule has 1 aromatic carbocycles. The summed E-state index contributed by atoms with van der Waals surface area (Å²) in [5.41, 5.74) is 3.83. The second-order valence-corrected chi connectivity index (χ2v) is 7.08. The van der Waals surface area contributed by atoms with Gasteiger partial charge >= 0.3 is 5.97 Å². The molecule has 1 unspecified atom stereocenters. The van der Waals surface area contributed by atoms with E-state index in [0.29, 0.717) is 0 Å². The summed E-state index contributed by atoms with van der Waals surface area (Å²) < 4.78 is 0. The molecule has 2 nitrogen and oxygen atoms in total. The topological polar surface area (TPSA) is 37.3 Å². The number of benzene rings is 1. The highest BCUT2D eigenvalue weighted by atomic mass is 16.4. The Labute approximate surface area is 127 Å². The highest BCUT2D eigenvalue weighted by Gasteiger charge is 2.21. The molecule has 1 saturated carbocycles. The Balaban J connectivity index is 2.30. The van der Waals surface area contributed by atoms with Gasteiger partial charge in [-0.2, -0.15) is 0 Å². The quantitative estimate of drug-likeness (QED) is 0.610. The lowest BCUT2D eigenvalue weighted by molar-refractivity contribution is -0.131. The fourth-order valence-electron chi connectivity index (χ4n) is 3.14. The second kappa shape index (κ2) is 6.46. The number of aliphatic carboxylic acids is 1. The molecule has 2 heteroatoms. The summed E-state index contributed by atoms with van der Waals surface area (Å²) in [4.78, 5) is 11.1. The highest BCUT2D eigenvalue weighted by Crippen LogP contribution is 2.36. The predicted octanol–water partition coefficient (Wildman–Crippen LogP) is 5.04. The lowest BCUT2D eigenvalue weighted by Crippen LogP contribution is -2.11.